The summed E-state index contributed by atoms with van der Waals surface area (Å²) in [6, 6.07) is 7.64. The molecule has 16 heavy (non-hydrogen) atoms. The quantitative estimate of drug-likeness (QED) is 0.847. The molecule has 0 saturated heterocycles. The molecule has 5 heteroatoms. The summed E-state index contributed by atoms with van der Waals surface area (Å²) in [6.45, 7) is 2.60. The summed E-state index contributed by atoms with van der Waals surface area (Å²) >= 11 is 0. The van der Waals surface area contributed by atoms with Gasteiger partial charge in [-0.2, -0.15) is 0 Å². The van der Waals surface area contributed by atoms with Crippen LogP contribution in [0.1, 0.15) is 6.92 Å². The van der Waals surface area contributed by atoms with Crippen LogP contribution in [-0.2, 0) is 0 Å². The van der Waals surface area contributed by atoms with E-state index >= 15 is 0 Å². The van der Waals surface area contributed by atoms with Crippen LogP contribution in [0.5, 0.6) is 5.75 Å². The minimum Gasteiger partial charge on any atom is -0.494 e. The highest BCUT2D eigenvalue weighted by atomic mass is 16.5. The van der Waals surface area contributed by atoms with E-state index in [0.29, 0.717) is 12.6 Å². The minimum atomic E-state index is 0.517. The smallest absolute Gasteiger partial charge is 0.230 e. The fraction of sp³-hybridized carbons (Fsp3) is 0.182. The van der Waals surface area contributed by atoms with Crippen LogP contribution in [0.25, 0.3) is 0 Å². The number of anilines is 2. The summed E-state index contributed by atoms with van der Waals surface area (Å²) in [5, 5.41) is 3.06. The molecule has 5 nitrogen and oxygen atoms in total. The molecule has 0 unspecified atom stereocenters. The van der Waals surface area contributed by atoms with Crippen molar-refractivity contribution < 1.29 is 4.74 Å². The Bertz CT molecular complexity index is 447. The predicted octanol–water partition coefficient (Wildman–Crippen LogP) is 2.01. The van der Waals surface area contributed by atoms with Crippen LogP contribution in [0.15, 0.2) is 36.9 Å². The van der Waals surface area contributed by atoms with Crippen molar-refractivity contribution in [2.24, 2.45) is 0 Å². The zero-order chi connectivity index (χ0) is 11.2. The summed E-state index contributed by atoms with van der Waals surface area (Å²) in [5.74, 6) is 1.34. The molecule has 0 aliphatic rings. The van der Waals surface area contributed by atoms with Crippen molar-refractivity contribution in [3.05, 3.63) is 36.9 Å². The maximum atomic E-state index is 5.39. The van der Waals surface area contributed by atoms with Gasteiger partial charge in [-0.3, -0.25) is 0 Å². The zero-order valence-corrected chi connectivity index (χ0v) is 8.92. The Morgan fingerprint density at radius 2 is 2.06 bits per heavy atom. The van der Waals surface area contributed by atoms with Gasteiger partial charge >= 0.3 is 0 Å². The van der Waals surface area contributed by atoms with Gasteiger partial charge in [-0.25, -0.2) is 15.0 Å². The highest BCUT2D eigenvalue weighted by Gasteiger charge is 1.98. The molecule has 1 heterocycles. The molecule has 0 aliphatic heterocycles. The molecule has 1 aromatic carbocycles. The monoisotopic (exact) mass is 216 g/mol. The summed E-state index contributed by atoms with van der Waals surface area (Å²) in [4.78, 5) is 11.7. The Morgan fingerprint density at radius 3 is 2.81 bits per heavy atom. The van der Waals surface area contributed by atoms with Crippen molar-refractivity contribution in [1.82, 2.24) is 15.0 Å². The van der Waals surface area contributed by atoms with Crippen LogP contribution in [0.4, 0.5) is 11.6 Å². The zero-order valence-electron chi connectivity index (χ0n) is 8.92. The first-order valence-electron chi connectivity index (χ1n) is 5.00. The van der Waals surface area contributed by atoms with Crippen molar-refractivity contribution >= 4 is 11.6 Å². The molecule has 2 aromatic rings. The van der Waals surface area contributed by atoms with Crippen molar-refractivity contribution in [2.45, 2.75) is 6.92 Å². The van der Waals surface area contributed by atoms with E-state index in [1.54, 1.807) is 0 Å². The van der Waals surface area contributed by atoms with Crippen LogP contribution < -0.4 is 10.1 Å². The molecule has 1 N–H and O–H groups in total. The van der Waals surface area contributed by atoms with Crippen LogP contribution in [0, 0.1) is 0 Å². The summed E-state index contributed by atoms with van der Waals surface area (Å²) < 4.78 is 5.39. The second kappa shape index (κ2) is 5.06. The number of aromatic nitrogens is 3. The normalized spacial score (nSPS) is 9.81. The third-order valence-electron chi connectivity index (χ3n) is 1.89. The predicted molar refractivity (Wildman–Crippen MR) is 60.7 cm³/mol. The standard InChI is InChI=1S/C11H12N4O/c1-2-16-10-5-3-4-9(6-10)15-11-13-7-12-8-14-11/h3-8H,2H2,1H3,(H,12,13,14,15). The second-order valence-electron chi connectivity index (χ2n) is 3.05. The van der Waals surface area contributed by atoms with Gasteiger partial charge in [0.1, 0.15) is 18.4 Å². The highest BCUT2D eigenvalue weighted by Crippen LogP contribution is 2.19. The topological polar surface area (TPSA) is 59.9 Å². The Balaban J connectivity index is 2.12. The first-order chi connectivity index (χ1) is 7.88. The average molecular weight is 216 g/mol. The van der Waals surface area contributed by atoms with Gasteiger partial charge in [0.05, 0.1) is 6.61 Å². The second-order valence-corrected chi connectivity index (χ2v) is 3.05. The Kier molecular flexibility index (Phi) is 3.28. The van der Waals surface area contributed by atoms with Crippen LogP contribution in [0.2, 0.25) is 0 Å². The van der Waals surface area contributed by atoms with E-state index in [2.05, 4.69) is 20.3 Å². The van der Waals surface area contributed by atoms with Crippen molar-refractivity contribution in [1.29, 1.82) is 0 Å². The Morgan fingerprint density at radius 1 is 1.25 bits per heavy atom. The number of ether oxygens (including phenoxy) is 1. The number of hydrogen-bond acceptors (Lipinski definition) is 5. The van der Waals surface area contributed by atoms with Crippen molar-refractivity contribution in [2.75, 3.05) is 11.9 Å². The molecule has 0 aliphatic carbocycles. The van der Waals surface area contributed by atoms with Gasteiger partial charge < -0.3 is 10.1 Å². The molecular weight excluding hydrogens is 204 g/mol. The first-order valence-corrected chi connectivity index (χ1v) is 5.00. The van der Waals surface area contributed by atoms with Gasteiger partial charge in [0.15, 0.2) is 0 Å². The number of rotatable bonds is 4. The van der Waals surface area contributed by atoms with E-state index in [-0.39, 0.29) is 0 Å². The Labute approximate surface area is 93.5 Å². The molecule has 82 valence electrons. The van der Waals surface area contributed by atoms with Gasteiger partial charge in [-0.05, 0) is 19.1 Å². The molecule has 0 bridgehead atoms. The Hall–Kier alpha value is -2.17. The first kappa shape index (κ1) is 10.4. The number of hydrogen-bond donors (Lipinski definition) is 1. The number of nitrogens with one attached hydrogen (secondary N) is 1. The maximum absolute atomic E-state index is 5.39. The lowest BCUT2D eigenvalue weighted by Crippen LogP contribution is -1.97. The molecule has 2 rings (SSSR count). The van der Waals surface area contributed by atoms with Gasteiger partial charge in [0.25, 0.3) is 0 Å². The number of benzene rings is 1. The van der Waals surface area contributed by atoms with Crippen molar-refractivity contribution in [3.63, 3.8) is 0 Å². The molecule has 0 radical (unpaired) electrons. The van der Waals surface area contributed by atoms with Gasteiger partial charge in [-0.15, -0.1) is 0 Å². The van der Waals surface area contributed by atoms with Crippen LogP contribution >= 0.6 is 0 Å². The molecule has 0 atom stereocenters. The molecule has 0 fully saturated rings. The summed E-state index contributed by atoms with van der Waals surface area (Å²) in [5.41, 5.74) is 0.886. The average Bonchev–Trinajstić information content (AvgIpc) is 2.31. The van der Waals surface area contributed by atoms with Gasteiger partial charge in [-0.1, -0.05) is 6.07 Å². The van der Waals surface area contributed by atoms with Gasteiger partial charge in [0, 0.05) is 11.8 Å². The van der Waals surface area contributed by atoms with Crippen LogP contribution in [0.3, 0.4) is 0 Å². The highest BCUT2D eigenvalue weighted by molar-refractivity contribution is 5.55. The van der Waals surface area contributed by atoms with Gasteiger partial charge in [0.2, 0.25) is 5.95 Å². The van der Waals surface area contributed by atoms with E-state index in [9.17, 15) is 0 Å². The van der Waals surface area contributed by atoms with E-state index in [1.165, 1.54) is 12.7 Å². The lowest BCUT2D eigenvalue weighted by Gasteiger charge is -2.06. The largest absolute Gasteiger partial charge is 0.494 e. The van der Waals surface area contributed by atoms with E-state index in [4.69, 9.17) is 4.74 Å². The van der Waals surface area contributed by atoms with E-state index < -0.39 is 0 Å². The van der Waals surface area contributed by atoms with E-state index in [0.717, 1.165) is 11.4 Å². The molecule has 0 saturated carbocycles. The molecular formula is C11H12N4O. The summed E-state index contributed by atoms with van der Waals surface area (Å²) in [6.07, 6.45) is 2.89. The maximum Gasteiger partial charge on any atom is 0.230 e. The van der Waals surface area contributed by atoms with E-state index in [1.807, 2.05) is 31.2 Å². The third-order valence-corrected chi connectivity index (χ3v) is 1.89. The molecule has 1 aromatic heterocycles. The molecule has 0 spiro atoms. The van der Waals surface area contributed by atoms with Crippen molar-refractivity contribution in [3.8, 4) is 5.75 Å². The fourth-order valence-electron chi connectivity index (χ4n) is 1.26. The third kappa shape index (κ3) is 2.66. The van der Waals surface area contributed by atoms with Crippen LogP contribution in [-0.4, -0.2) is 21.6 Å². The fourth-order valence-corrected chi connectivity index (χ4v) is 1.26. The minimum absolute atomic E-state index is 0.517. The summed E-state index contributed by atoms with van der Waals surface area (Å²) in [7, 11) is 0. The lowest BCUT2D eigenvalue weighted by atomic mass is 10.3. The lowest BCUT2D eigenvalue weighted by molar-refractivity contribution is 0.340. The molecule has 0 amide bonds. The number of nitrogens with zero attached hydrogens (tertiary/aromatic N) is 3. The SMILES string of the molecule is CCOc1cccc(Nc2ncncn2)c1.